The Morgan fingerprint density at radius 1 is 1.20 bits per heavy atom. The van der Waals surface area contributed by atoms with Crippen molar-refractivity contribution in [2.45, 2.75) is 45.1 Å². The van der Waals surface area contributed by atoms with Crippen LogP contribution in [0.4, 0.5) is 0 Å². The molecule has 0 N–H and O–H groups in total. The maximum absolute atomic E-state index is 12.2. The van der Waals surface area contributed by atoms with Crippen LogP contribution < -0.4 is 0 Å². The molecular formula is C20H25NO4. The van der Waals surface area contributed by atoms with Crippen molar-refractivity contribution in [1.29, 1.82) is 0 Å². The predicted octanol–water partition coefficient (Wildman–Crippen LogP) is 3.09. The van der Waals surface area contributed by atoms with Crippen molar-refractivity contribution < 1.29 is 19.1 Å². The van der Waals surface area contributed by atoms with Gasteiger partial charge in [-0.15, -0.1) is 0 Å². The molecule has 0 radical (unpaired) electrons. The van der Waals surface area contributed by atoms with Gasteiger partial charge in [-0.1, -0.05) is 12.1 Å². The molecule has 0 amide bonds. The zero-order chi connectivity index (χ0) is 17.8. The van der Waals surface area contributed by atoms with Crippen LogP contribution >= 0.6 is 0 Å². The normalized spacial score (nSPS) is 20.2. The molecule has 2 aliphatic rings. The number of hydrogen-bond donors (Lipinski definition) is 0. The Balaban J connectivity index is 1.61. The number of carbonyl (C=O) groups is 2. The van der Waals surface area contributed by atoms with Crippen LogP contribution in [-0.2, 0) is 20.7 Å². The predicted molar refractivity (Wildman–Crippen MR) is 94.1 cm³/mol. The molecule has 0 saturated carbocycles. The van der Waals surface area contributed by atoms with Gasteiger partial charge in [0.05, 0.1) is 23.9 Å². The average molecular weight is 343 g/mol. The molecule has 1 fully saturated rings. The zero-order valence-electron chi connectivity index (χ0n) is 14.9. The molecule has 0 aliphatic carbocycles. The minimum Gasteiger partial charge on any atom is -0.465 e. The van der Waals surface area contributed by atoms with E-state index in [-0.39, 0.29) is 18.0 Å². The first-order valence-electron chi connectivity index (χ1n) is 8.96. The molecule has 1 atom stereocenters. The van der Waals surface area contributed by atoms with Gasteiger partial charge in [-0.25, -0.2) is 9.59 Å². The lowest BCUT2D eigenvalue weighted by Gasteiger charge is -2.22. The maximum atomic E-state index is 12.2. The molecular weight excluding hydrogens is 318 g/mol. The van der Waals surface area contributed by atoms with Crippen LogP contribution in [0.1, 0.15) is 48.5 Å². The van der Waals surface area contributed by atoms with Crippen LogP contribution in [0, 0.1) is 0 Å². The highest BCUT2D eigenvalue weighted by Gasteiger charge is 2.34. The first-order chi connectivity index (χ1) is 12.1. The Hall–Kier alpha value is -2.30. The fourth-order valence-corrected chi connectivity index (χ4v) is 3.67. The summed E-state index contributed by atoms with van der Waals surface area (Å²) in [5, 5.41) is 0. The second-order valence-electron chi connectivity index (χ2n) is 6.65. The monoisotopic (exact) mass is 343 g/mol. The van der Waals surface area contributed by atoms with Gasteiger partial charge < -0.3 is 14.4 Å². The van der Waals surface area contributed by atoms with Gasteiger partial charge in [0, 0.05) is 13.1 Å². The minimum absolute atomic E-state index is 0.125. The third-order valence-electron chi connectivity index (χ3n) is 4.94. The third-order valence-corrected chi connectivity index (χ3v) is 4.94. The number of nitrogens with zero attached hydrogens (tertiary/aromatic N) is 1. The summed E-state index contributed by atoms with van der Waals surface area (Å²) >= 11 is 0. The van der Waals surface area contributed by atoms with Crippen molar-refractivity contribution in [3.8, 4) is 0 Å². The van der Waals surface area contributed by atoms with Crippen molar-refractivity contribution in [3.05, 3.63) is 46.7 Å². The van der Waals surface area contributed by atoms with E-state index in [2.05, 4.69) is 4.90 Å². The summed E-state index contributed by atoms with van der Waals surface area (Å²) in [6, 6.07) is 7.44. The molecule has 134 valence electrons. The number of ether oxygens (including phenoxy) is 2. The number of carbonyl (C=O) groups excluding carboxylic acids is 2. The molecule has 1 unspecified atom stereocenters. The summed E-state index contributed by atoms with van der Waals surface area (Å²) in [5.41, 5.74) is 3.65. The largest absolute Gasteiger partial charge is 0.465 e. The van der Waals surface area contributed by atoms with E-state index in [0.29, 0.717) is 5.56 Å². The number of aryl methyl sites for hydroxylation is 1. The van der Waals surface area contributed by atoms with Gasteiger partial charge in [0.25, 0.3) is 0 Å². The smallest absolute Gasteiger partial charge is 0.337 e. The van der Waals surface area contributed by atoms with Gasteiger partial charge in [-0.3, -0.25) is 0 Å². The average Bonchev–Trinajstić information content (AvgIpc) is 3.23. The van der Waals surface area contributed by atoms with E-state index in [1.54, 1.807) is 12.1 Å². The Kier molecular flexibility index (Phi) is 5.41. The number of hydrogen-bond acceptors (Lipinski definition) is 5. The van der Waals surface area contributed by atoms with Crippen molar-refractivity contribution in [1.82, 2.24) is 4.90 Å². The van der Waals surface area contributed by atoms with Crippen molar-refractivity contribution >= 4 is 11.9 Å². The first kappa shape index (κ1) is 17.5. The zero-order valence-corrected chi connectivity index (χ0v) is 14.9. The summed E-state index contributed by atoms with van der Waals surface area (Å²) in [6.45, 7) is 4.01. The number of esters is 2. The molecule has 1 aromatic carbocycles. The summed E-state index contributed by atoms with van der Waals surface area (Å²) in [4.78, 5) is 26.0. The molecule has 25 heavy (non-hydrogen) atoms. The quantitative estimate of drug-likeness (QED) is 0.743. The SMILES string of the molecule is COC(=O)c1ccc(CCCC2=C(N3CCCC3)C(C)OC2=O)cc1. The van der Waals surface area contributed by atoms with E-state index in [1.807, 2.05) is 19.1 Å². The van der Waals surface area contributed by atoms with Crippen LogP contribution in [0.3, 0.4) is 0 Å². The maximum Gasteiger partial charge on any atom is 0.337 e. The molecule has 2 heterocycles. The number of methoxy groups -OCH3 is 1. The van der Waals surface area contributed by atoms with Crippen LogP contribution in [0.25, 0.3) is 0 Å². The highest BCUT2D eigenvalue weighted by atomic mass is 16.5. The molecule has 0 bridgehead atoms. The molecule has 5 nitrogen and oxygen atoms in total. The van der Waals surface area contributed by atoms with Crippen LogP contribution in [0.5, 0.6) is 0 Å². The van der Waals surface area contributed by atoms with Gasteiger partial charge in [0.2, 0.25) is 0 Å². The molecule has 0 aromatic heterocycles. The molecule has 1 saturated heterocycles. The van der Waals surface area contributed by atoms with Gasteiger partial charge in [-0.05, 0) is 56.7 Å². The third kappa shape index (κ3) is 3.86. The molecule has 2 aliphatic heterocycles. The lowest BCUT2D eigenvalue weighted by Crippen LogP contribution is -2.25. The van der Waals surface area contributed by atoms with Gasteiger partial charge in [-0.2, -0.15) is 0 Å². The number of likely N-dealkylation sites (tertiary alicyclic amines) is 1. The highest BCUT2D eigenvalue weighted by molar-refractivity contribution is 5.92. The fourth-order valence-electron chi connectivity index (χ4n) is 3.67. The molecule has 3 rings (SSSR count). The van der Waals surface area contributed by atoms with Crippen molar-refractivity contribution in [3.63, 3.8) is 0 Å². The molecule has 5 heteroatoms. The van der Waals surface area contributed by atoms with E-state index in [1.165, 1.54) is 20.0 Å². The molecule has 1 aromatic rings. The Bertz CT molecular complexity index is 671. The number of rotatable bonds is 6. The Morgan fingerprint density at radius 2 is 1.88 bits per heavy atom. The van der Waals surface area contributed by atoms with E-state index >= 15 is 0 Å². The fraction of sp³-hybridized carbons (Fsp3) is 0.500. The highest BCUT2D eigenvalue weighted by Crippen LogP contribution is 2.31. The second kappa shape index (κ2) is 7.72. The topological polar surface area (TPSA) is 55.8 Å². The van der Waals surface area contributed by atoms with E-state index < -0.39 is 0 Å². The van der Waals surface area contributed by atoms with Crippen molar-refractivity contribution in [2.75, 3.05) is 20.2 Å². The Morgan fingerprint density at radius 3 is 2.52 bits per heavy atom. The summed E-state index contributed by atoms with van der Waals surface area (Å²) < 4.78 is 10.2. The minimum atomic E-state index is -0.324. The van der Waals surface area contributed by atoms with Crippen LogP contribution in [-0.4, -0.2) is 43.1 Å². The van der Waals surface area contributed by atoms with Crippen LogP contribution in [0.2, 0.25) is 0 Å². The Labute approximate surface area is 148 Å². The van der Waals surface area contributed by atoms with Crippen molar-refractivity contribution in [2.24, 2.45) is 0 Å². The summed E-state index contributed by atoms with van der Waals surface area (Å²) in [5.74, 6) is -0.481. The van der Waals surface area contributed by atoms with E-state index in [9.17, 15) is 9.59 Å². The van der Waals surface area contributed by atoms with E-state index in [0.717, 1.165) is 49.2 Å². The molecule has 0 spiro atoms. The summed E-state index contributed by atoms with van der Waals surface area (Å²) in [6.07, 6.45) is 4.72. The lowest BCUT2D eigenvalue weighted by molar-refractivity contribution is -0.139. The second-order valence-corrected chi connectivity index (χ2v) is 6.65. The van der Waals surface area contributed by atoms with E-state index in [4.69, 9.17) is 9.47 Å². The van der Waals surface area contributed by atoms with Gasteiger partial charge >= 0.3 is 11.9 Å². The number of benzene rings is 1. The van der Waals surface area contributed by atoms with Gasteiger partial charge in [0.15, 0.2) is 0 Å². The number of cyclic esters (lactones) is 1. The van der Waals surface area contributed by atoms with Gasteiger partial charge in [0.1, 0.15) is 6.10 Å². The standard InChI is InChI=1S/C20H25NO4/c1-14-18(21-12-3-4-13-21)17(20(23)25-14)7-5-6-15-8-10-16(11-9-15)19(22)24-2/h8-11,14H,3-7,12-13H2,1-2H3. The summed E-state index contributed by atoms with van der Waals surface area (Å²) in [7, 11) is 1.38. The van der Waals surface area contributed by atoms with Crippen LogP contribution in [0.15, 0.2) is 35.5 Å². The lowest BCUT2D eigenvalue weighted by atomic mass is 10.0. The first-order valence-corrected chi connectivity index (χ1v) is 8.96.